The van der Waals surface area contributed by atoms with Crippen molar-refractivity contribution < 1.29 is 4.74 Å². The molecule has 0 amide bonds. The molecule has 5 heteroatoms. The molecule has 0 saturated heterocycles. The third kappa shape index (κ3) is 7.99. The average Bonchev–Trinajstić information content (AvgIpc) is 2.48. The standard InChI is InChI=1S/C17H38N4O/c1-9-14(10-2)15(21(6)7)12-19-16(18-11-3)20-13-17(4,5)22-8/h14-15H,9-13H2,1-8H3,(H2,18,19,20). The van der Waals surface area contributed by atoms with E-state index in [0.717, 1.165) is 19.0 Å². The number of ether oxygens (including phenoxy) is 1. The SMILES string of the molecule is CCNC(=NCC(C)(C)OC)NCC(C(CC)CC)N(C)C. The summed E-state index contributed by atoms with van der Waals surface area (Å²) in [4.78, 5) is 6.96. The first-order valence-corrected chi connectivity index (χ1v) is 8.54. The third-order valence-corrected chi connectivity index (χ3v) is 4.25. The number of methoxy groups -OCH3 is 1. The molecule has 0 saturated carbocycles. The summed E-state index contributed by atoms with van der Waals surface area (Å²) < 4.78 is 5.43. The highest BCUT2D eigenvalue weighted by Gasteiger charge is 2.21. The number of nitrogens with one attached hydrogen (secondary N) is 2. The molecule has 1 unspecified atom stereocenters. The molecule has 0 fully saturated rings. The maximum Gasteiger partial charge on any atom is 0.191 e. The molecule has 22 heavy (non-hydrogen) atoms. The second kappa shape index (κ2) is 10.8. The van der Waals surface area contributed by atoms with Gasteiger partial charge in [-0.25, -0.2) is 0 Å². The van der Waals surface area contributed by atoms with E-state index in [9.17, 15) is 0 Å². The summed E-state index contributed by atoms with van der Waals surface area (Å²) in [5, 5.41) is 6.80. The smallest absolute Gasteiger partial charge is 0.191 e. The molecule has 0 radical (unpaired) electrons. The fourth-order valence-electron chi connectivity index (χ4n) is 2.48. The minimum Gasteiger partial charge on any atom is -0.377 e. The minimum atomic E-state index is -0.237. The van der Waals surface area contributed by atoms with E-state index in [0.29, 0.717) is 18.5 Å². The lowest BCUT2D eigenvalue weighted by Crippen LogP contribution is -2.48. The van der Waals surface area contributed by atoms with Crippen molar-refractivity contribution in [2.24, 2.45) is 10.9 Å². The molecule has 0 rings (SSSR count). The van der Waals surface area contributed by atoms with E-state index >= 15 is 0 Å². The van der Waals surface area contributed by atoms with Crippen LogP contribution in [0.3, 0.4) is 0 Å². The van der Waals surface area contributed by atoms with Crippen molar-refractivity contribution in [1.29, 1.82) is 0 Å². The van der Waals surface area contributed by atoms with E-state index in [1.165, 1.54) is 12.8 Å². The monoisotopic (exact) mass is 314 g/mol. The summed E-state index contributed by atoms with van der Waals surface area (Å²) >= 11 is 0. The van der Waals surface area contributed by atoms with Crippen LogP contribution < -0.4 is 10.6 Å². The molecule has 0 heterocycles. The highest BCUT2D eigenvalue weighted by Crippen LogP contribution is 2.16. The van der Waals surface area contributed by atoms with Crippen molar-refractivity contribution in [1.82, 2.24) is 15.5 Å². The maximum atomic E-state index is 5.43. The van der Waals surface area contributed by atoms with Gasteiger partial charge in [-0.3, -0.25) is 4.99 Å². The van der Waals surface area contributed by atoms with Gasteiger partial charge in [-0.15, -0.1) is 0 Å². The lowest BCUT2D eigenvalue weighted by atomic mass is 9.93. The number of hydrogen-bond donors (Lipinski definition) is 2. The zero-order valence-electron chi connectivity index (χ0n) is 16.0. The quantitative estimate of drug-likeness (QED) is 0.480. The highest BCUT2D eigenvalue weighted by atomic mass is 16.5. The first-order valence-electron chi connectivity index (χ1n) is 8.54. The molecule has 132 valence electrons. The van der Waals surface area contributed by atoms with Gasteiger partial charge in [0.2, 0.25) is 0 Å². The first-order chi connectivity index (χ1) is 10.3. The number of hydrogen-bond acceptors (Lipinski definition) is 3. The molecule has 0 aliphatic carbocycles. The van der Waals surface area contributed by atoms with Crippen LogP contribution in [0.4, 0.5) is 0 Å². The summed E-state index contributed by atoms with van der Waals surface area (Å²) in [6, 6.07) is 0.509. The van der Waals surface area contributed by atoms with Crippen LogP contribution in [0.15, 0.2) is 4.99 Å². The van der Waals surface area contributed by atoms with Crippen molar-refractivity contribution in [2.45, 2.75) is 59.1 Å². The van der Waals surface area contributed by atoms with Crippen LogP contribution in [0.5, 0.6) is 0 Å². The number of guanidine groups is 1. The molecule has 2 N–H and O–H groups in total. The zero-order chi connectivity index (χ0) is 17.2. The molecule has 0 aromatic rings. The normalized spacial score (nSPS) is 14.5. The van der Waals surface area contributed by atoms with Gasteiger partial charge in [0.15, 0.2) is 5.96 Å². The van der Waals surface area contributed by atoms with Gasteiger partial charge in [-0.05, 0) is 40.8 Å². The third-order valence-electron chi connectivity index (χ3n) is 4.25. The Morgan fingerprint density at radius 3 is 2.14 bits per heavy atom. The van der Waals surface area contributed by atoms with E-state index in [4.69, 9.17) is 4.74 Å². The predicted molar refractivity (Wildman–Crippen MR) is 96.6 cm³/mol. The Bertz CT molecular complexity index is 312. The van der Waals surface area contributed by atoms with Gasteiger partial charge in [-0.2, -0.15) is 0 Å². The summed E-state index contributed by atoms with van der Waals surface area (Å²) in [5.74, 6) is 1.56. The molecule has 5 nitrogen and oxygen atoms in total. The Kier molecular flexibility index (Phi) is 10.4. The molecule has 0 aliphatic rings. The maximum absolute atomic E-state index is 5.43. The summed E-state index contributed by atoms with van der Waals surface area (Å²) in [6.45, 7) is 13.1. The fraction of sp³-hybridized carbons (Fsp3) is 0.941. The van der Waals surface area contributed by atoms with Crippen LogP contribution in [0.2, 0.25) is 0 Å². The lowest BCUT2D eigenvalue weighted by Gasteiger charge is -2.32. The number of aliphatic imine (C=N–C) groups is 1. The van der Waals surface area contributed by atoms with Crippen molar-refractivity contribution in [2.75, 3.05) is 40.8 Å². The Balaban J connectivity index is 4.76. The van der Waals surface area contributed by atoms with Gasteiger partial charge >= 0.3 is 0 Å². The van der Waals surface area contributed by atoms with Gasteiger partial charge in [-0.1, -0.05) is 26.7 Å². The van der Waals surface area contributed by atoms with E-state index in [1.54, 1.807) is 7.11 Å². The summed E-state index contributed by atoms with van der Waals surface area (Å²) in [5.41, 5.74) is -0.237. The van der Waals surface area contributed by atoms with Crippen molar-refractivity contribution in [3.63, 3.8) is 0 Å². The molecule has 0 spiro atoms. The van der Waals surface area contributed by atoms with E-state index in [1.807, 2.05) is 13.8 Å². The molecule has 0 aromatic carbocycles. The predicted octanol–water partition coefficient (Wildman–Crippen LogP) is 2.33. The van der Waals surface area contributed by atoms with Gasteiger partial charge in [0.25, 0.3) is 0 Å². The Hall–Kier alpha value is -0.810. The second-order valence-corrected chi connectivity index (χ2v) is 6.65. The largest absolute Gasteiger partial charge is 0.377 e. The number of nitrogens with zero attached hydrogens (tertiary/aromatic N) is 2. The molecular formula is C17H38N4O. The van der Waals surface area contributed by atoms with Crippen LogP contribution in [-0.4, -0.2) is 63.3 Å². The first kappa shape index (κ1) is 21.2. The van der Waals surface area contributed by atoms with E-state index in [-0.39, 0.29) is 5.60 Å². The zero-order valence-corrected chi connectivity index (χ0v) is 16.0. The van der Waals surface area contributed by atoms with Crippen molar-refractivity contribution in [3.8, 4) is 0 Å². The van der Waals surface area contributed by atoms with Crippen LogP contribution in [0.1, 0.15) is 47.5 Å². The lowest BCUT2D eigenvalue weighted by molar-refractivity contribution is 0.0310. The molecule has 1 atom stereocenters. The van der Waals surface area contributed by atoms with Crippen LogP contribution in [0, 0.1) is 5.92 Å². The van der Waals surface area contributed by atoms with E-state index < -0.39 is 0 Å². The van der Waals surface area contributed by atoms with Gasteiger partial charge in [0, 0.05) is 26.2 Å². The molecule has 0 aliphatic heterocycles. The average molecular weight is 315 g/mol. The van der Waals surface area contributed by atoms with Crippen molar-refractivity contribution >= 4 is 5.96 Å². The summed E-state index contributed by atoms with van der Waals surface area (Å²) in [7, 11) is 6.04. The number of rotatable bonds is 10. The van der Waals surface area contributed by atoms with E-state index in [2.05, 4.69) is 55.4 Å². The molecule has 0 bridgehead atoms. The number of likely N-dealkylation sites (N-methyl/N-ethyl adjacent to an activating group) is 1. The Labute approximate surface area is 137 Å². The highest BCUT2D eigenvalue weighted by molar-refractivity contribution is 5.79. The Morgan fingerprint density at radius 2 is 1.73 bits per heavy atom. The fourth-order valence-corrected chi connectivity index (χ4v) is 2.48. The molecular weight excluding hydrogens is 276 g/mol. The topological polar surface area (TPSA) is 48.9 Å². The van der Waals surface area contributed by atoms with Gasteiger partial charge in [0.1, 0.15) is 0 Å². The second-order valence-electron chi connectivity index (χ2n) is 6.65. The van der Waals surface area contributed by atoms with Crippen molar-refractivity contribution in [3.05, 3.63) is 0 Å². The molecule has 0 aromatic heterocycles. The Morgan fingerprint density at radius 1 is 1.14 bits per heavy atom. The minimum absolute atomic E-state index is 0.237. The van der Waals surface area contributed by atoms with Crippen LogP contribution in [-0.2, 0) is 4.74 Å². The van der Waals surface area contributed by atoms with Gasteiger partial charge < -0.3 is 20.3 Å². The summed E-state index contributed by atoms with van der Waals surface area (Å²) in [6.07, 6.45) is 2.40. The van der Waals surface area contributed by atoms with Crippen LogP contribution in [0.25, 0.3) is 0 Å². The van der Waals surface area contributed by atoms with Crippen LogP contribution >= 0.6 is 0 Å². The van der Waals surface area contributed by atoms with Gasteiger partial charge in [0.05, 0.1) is 12.1 Å².